The van der Waals surface area contributed by atoms with Gasteiger partial charge >= 0.3 is 0 Å². The van der Waals surface area contributed by atoms with Gasteiger partial charge in [0, 0.05) is 25.2 Å². The van der Waals surface area contributed by atoms with Crippen LogP contribution in [0.3, 0.4) is 0 Å². The van der Waals surface area contributed by atoms with Gasteiger partial charge in [0.2, 0.25) is 10.0 Å². The molecule has 0 bridgehead atoms. The van der Waals surface area contributed by atoms with Gasteiger partial charge in [0.05, 0.1) is 23.1 Å². The summed E-state index contributed by atoms with van der Waals surface area (Å²) in [6.45, 7) is 1.00. The smallest absolute Gasteiger partial charge is 0.220 e. The largest absolute Gasteiger partial charge is 0.364 e. The number of fused-ring (bicyclic) bond motifs is 1. The van der Waals surface area contributed by atoms with E-state index >= 15 is 0 Å². The maximum Gasteiger partial charge on any atom is 0.220 e. The molecule has 0 unspecified atom stereocenters. The first kappa shape index (κ1) is 15.3. The molecule has 1 atom stereocenters. The van der Waals surface area contributed by atoms with Gasteiger partial charge in [-0.25, -0.2) is 13.4 Å². The van der Waals surface area contributed by atoms with E-state index < -0.39 is 10.0 Å². The minimum absolute atomic E-state index is 0.0956. The van der Waals surface area contributed by atoms with Crippen LogP contribution in [-0.2, 0) is 15.8 Å². The van der Waals surface area contributed by atoms with Crippen LogP contribution in [-0.4, -0.2) is 40.5 Å². The monoisotopic (exact) mass is 346 g/mol. The van der Waals surface area contributed by atoms with E-state index in [2.05, 4.69) is 14.7 Å². The normalized spacial score (nSPS) is 19.8. The summed E-state index contributed by atoms with van der Waals surface area (Å²) in [5, 5.41) is 3.71. The number of sulfonamides is 1. The van der Waals surface area contributed by atoms with E-state index in [0.29, 0.717) is 18.8 Å². The molecule has 126 valence electrons. The summed E-state index contributed by atoms with van der Waals surface area (Å²) in [4.78, 5) is 4.41. The van der Waals surface area contributed by atoms with Gasteiger partial charge in [0.15, 0.2) is 0 Å². The van der Waals surface area contributed by atoms with Gasteiger partial charge in [-0.3, -0.25) is 0 Å². The highest BCUT2D eigenvalue weighted by atomic mass is 32.2. The number of hydrogen-bond donors (Lipinski definition) is 0. The fourth-order valence-electron chi connectivity index (χ4n) is 3.26. The van der Waals surface area contributed by atoms with Crippen LogP contribution in [0.15, 0.2) is 47.4 Å². The van der Waals surface area contributed by atoms with Crippen LogP contribution < -0.4 is 0 Å². The van der Waals surface area contributed by atoms with Crippen molar-refractivity contribution in [2.45, 2.75) is 24.6 Å². The highest BCUT2D eigenvalue weighted by Crippen LogP contribution is 2.27. The molecule has 3 aromatic rings. The molecule has 3 heterocycles. The molecule has 1 fully saturated rings. The Bertz CT molecular complexity index is 933. The molecule has 0 amide bonds. The molecule has 1 aliphatic heterocycles. The Kier molecular flexibility index (Phi) is 3.85. The second-order valence-electron chi connectivity index (χ2n) is 6.04. The van der Waals surface area contributed by atoms with Gasteiger partial charge in [-0.05, 0) is 25.0 Å². The lowest BCUT2D eigenvalue weighted by Gasteiger charge is -2.32. The maximum atomic E-state index is 12.7. The van der Waals surface area contributed by atoms with Crippen LogP contribution in [0.25, 0.3) is 11.0 Å². The van der Waals surface area contributed by atoms with Gasteiger partial charge in [-0.1, -0.05) is 17.3 Å². The van der Waals surface area contributed by atoms with Crippen molar-refractivity contribution in [1.82, 2.24) is 19.0 Å². The topological polar surface area (TPSA) is 81.2 Å². The molecule has 0 aliphatic carbocycles. The van der Waals surface area contributed by atoms with Crippen molar-refractivity contribution in [2.75, 3.05) is 13.1 Å². The summed E-state index contributed by atoms with van der Waals surface area (Å²) in [5.74, 6) is -0.124. The molecule has 0 radical (unpaired) electrons. The minimum Gasteiger partial charge on any atom is -0.364 e. The van der Waals surface area contributed by atoms with Crippen LogP contribution in [0.5, 0.6) is 0 Å². The van der Waals surface area contributed by atoms with Gasteiger partial charge in [0.25, 0.3) is 0 Å². The summed E-state index contributed by atoms with van der Waals surface area (Å²) >= 11 is 0. The summed E-state index contributed by atoms with van der Waals surface area (Å²) in [7, 11) is -3.41. The molecular weight excluding hydrogens is 328 g/mol. The van der Waals surface area contributed by atoms with Gasteiger partial charge < -0.3 is 9.09 Å². The van der Waals surface area contributed by atoms with Crippen LogP contribution >= 0.6 is 0 Å². The first-order valence-electron chi connectivity index (χ1n) is 7.92. The lowest BCUT2D eigenvalue weighted by atomic mass is 10.1. The SMILES string of the molecule is O=S(=O)(Cc1ccon1)N1CCC[C@@H](n2cnc3ccccc32)C1. The van der Waals surface area contributed by atoms with Gasteiger partial charge in [0.1, 0.15) is 12.0 Å². The third-order valence-electron chi connectivity index (χ3n) is 4.45. The van der Waals surface area contributed by atoms with E-state index in [4.69, 9.17) is 4.52 Å². The molecule has 7 nitrogen and oxygen atoms in total. The zero-order valence-electron chi connectivity index (χ0n) is 13.1. The molecule has 1 saturated heterocycles. The van der Waals surface area contributed by atoms with Crippen LogP contribution in [0.2, 0.25) is 0 Å². The predicted molar refractivity (Wildman–Crippen MR) is 88.7 cm³/mol. The van der Waals surface area contributed by atoms with Crippen LogP contribution in [0, 0.1) is 0 Å². The van der Waals surface area contributed by atoms with Crippen molar-refractivity contribution >= 4 is 21.1 Å². The number of nitrogens with zero attached hydrogens (tertiary/aromatic N) is 4. The molecule has 0 N–H and O–H groups in total. The van der Waals surface area contributed by atoms with Crippen molar-refractivity contribution in [1.29, 1.82) is 0 Å². The Hall–Kier alpha value is -2.19. The first-order valence-corrected chi connectivity index (χ1v) is 9.53. The third kappa shape index (κ3) is 2.83. The number of hydrogen-bond acceptors (Lipinski definition) is 5. The molecule has 1 aliphatic rings. The number of imidazole rings is 1. The van der Waals surface area contributed by atoms with E-state index in [0.717, 1.165) is 23.9 Å². The van der Waals surface area contributed by atoms with Gasteiger partial charge in [-0.15, -0.1) is 0 Å². The second kappa shape index (κ2) is 6.03. The van der Waals surface area contributed by atoms with E-state index in [1.807, 2.05) is 30.6 Å². The summed E-state index contributed by atoms with van der Waals surface area (Å²) in [6, 6.07) is 9.59. The number of aromatic nitrogens is 3. The van der Waals surface area contributed by atoms with E-state index in [-0.39, 0.29) is 11.8 Å². The second-order valence-corrected chi connectivity index (χ2v) is 8.01. The van der Waals surface area contributed by atoms with Crippen molar-refractivity contribution in [3.8, 4) is 0 Å². The van der Waals surface area contributed by atoms with Crippen LogP contribution in [0.1, 0.15) is 24.6 Å². The number of rotatable bonds is 4. The highest BCUT2D eigenvalue weighted by Gasteiger charge is 2.30. The van der Waals surface area contributed by atoms with E-state index in [1.54, 1.807) is 10.4 Å². The van der Waals surface area contributed by atoms with Crippen molar-refractivity contribution in [3.05, 3.63) is 48.6 Å². The highest BCUT2D eigenvalue weighted by molar-refractivity contribution is 7.88. The van der Waals surface area contributed by atoms with Crippen molar-refractivity contribution in [2.24, 2.45) is 0 Å². The Balaban J connectivity index is 1.57. The zero-order valence-corrected chi connectivity index (χ0v) is 13.9. The number of benzene rings is 1. The first-order chi connectivity index (χ1) is 11.6. The lowest BCUT2D eigenvalue weighted by Crippen LogP contribution is -2.41. The third-order valence-corrected chi connectivity index (χ3v) is 6.23. The average molecular weight is 346 g/mol. The summed E-state index contributed by atoms with van der Waals surface area (Å²) < 4.78 is 33.7. The van der Waals surface area contributed by atoms with E-state index in [1.165, 1.54) is 6.26 Å². The Morgan fingerprint density at radius 3 is 2.96 bits per heavy atom. The Morgan fingerprint density at radius 1 is 1.25 bits per heavy atom. The minimum atomic E-state index is -3.41. The molecule has 2 aromatic heterocycles. The Labute approximate surface area is 139 Å². The molecular formula is C16H18N4O3S. The van der Waals surface area contributed by atoms with Crippen molar-refractivity contribution in [3.63, 3.8) is 0 Å². The quantitative estimate of drug-likeness (QED) is 0.723. The predicted octanol–water partition coefficient (Wildman–Crippen LogP) is 2.19. The molecule has 0 spiro atoms. The summed E-state index contributed by atoms with van der Waals surface area (Å²) in [5.41, 5.74) is 2.41. The number of para-hydroxylation sites is 2. The standard InChI is InChI=1S/C16H18N4O3S/c21-24(22,11-13-7-9-23-18-13)19-8-3-4-14(10-19)20-12-17-15-5-1-2-6-16(15)20/h1-2,5-7,9,12,14H,3-4,8,10-11H2/t14-/m1/s1. The molecule has 24 heavy (non-hydrogen) atoms. The fourth-order valence-corrected chi connectivity index (χ4v) is 4.77. The lowest BCUT2D eigenvalue weighted by molar-refractivity contribution is 0.269. The van der Waals surface area contributed by atoms with Gasteiger partial charge in [-0.2, -0.15) is 4.31 Å². The van der Waals surface area contributed by atoms with Crippen LogP contribution in [0.4, 0.5) is 0 Å². The summed E-state index contributed by atoms with van der Waals surface area (Å²) in [6.07, 6.45) is 4.97. The average Bonchev–Trinajstić information content (AvgIpc) is 3.24. The fraction of sp³-hybridized carbons (Fsp3) is 0.375. The zero-order chi connectivity index (χ0) is 16.6. The van der Waals surface area contributed by atoms with Crippen molar-refractivity contribution < 1.29 is 12.9 Å². The number of piperidine rings is 1. The molecule has 1 aromatic carbocycles. The molecule has 0 saturated carbocycles. The molecule has 4 rings (SSSR count). The van der Waals surface area contributed by atoms with E-state index in [9.17, 15) is 8.42 Å². The Morgan fingerprint density at radius 2 is 2.12 bits per heavy atom. The maximum absolute atomic E-state index is 12.7. The molecule has 8 heteroatoms.